The topological polar surface area (TPSA) is 93.5 Å². The number of benzene rings is 1. The lowest BCUT2D eigenvalue weighted by Gasteiger charge is -2.15. The van der Waals surface area contributed by atoms with Crippen LogP contribution >= 0.6 is 0 Å². The molecule has 0 saturated heterocycles. The zero-order chi connectivity index (χ0) is 20.0. The van der Waals surface area contributed by atoms with Gasteiger partial charge in [-0.15, -0.1) is 0 Å². The molecule has 7 heteroatoms. The second-order valence-corrected chi connectivity index (χ2v) is 6.88. The van der Waals surface area contributed by atoms with Crippen LogP contribution in [0.5, 0.6) is 5.75 Å². The molecule has 2 N–H and O–H groups in total. The molecule has 0 spiro atoms. The first kappa shape index (κ1) is 20.5. The van der Waals surface area contributed by atoms with Crippen molar-refractivity contribution in [3.8, 4) is 5.75 Å². The Morgan fingerprint density at radius 1 is 1.15 bits per heavy atom. The maximum Gasteiger partial charge on any atom is 0.276 e. The third-order valence-corrected chi connectivity index (χ3v) is 4.27. The number of ether oxygens (including phenoxy) is 1. The smallest absolute Gasteiger partial charge is 0.276 e. The number of carbonyl (C=O) groups is 2. The summed E-state index contributed by atoms with van der Waals surface area (Å²) in [6.07, 6.45) is 0.722. The third-order valence-electron chi connectivity index (χ3n) is 4.27. The van der Waals surface area contributed by atoms with Crippen LogP contribution in [-0.2, 0) is 16.0 Å². The highest BCUT2D eigenvalue weighted by Crippen LogP contribution is 2.27. The molecule has 1 aromatic heterocycles. The summed E-state index contributed by atoms with van der Waals surface area (Å²) < 4.78 is 10.7. The van der Waals surface area contributed by atoms with Crippen molar-refractivity contribution in [2.45, 2.75) is 53.4 Å². The van der Waals surface area contributed by atoms with Crippen LogP contribution < -0.4 is 15.6 Å². The molecule has 2 amide bonds. The van der Waals surface area contributed by atoms with Gasteiger partial charge in [0.2, 0.25) is 5.91 Å². The fourth-order valence-electron chi connectivity index (χ4n) is 2.72. The van der Waals surface area contributed by atoms with E-state index in [1.807, 2.05) is 39.0 Å². The highest BCUT2D eigenvalue weighted by atomic mass is 16.5. The van der Waals surface area contributed by atoms with Gasteiger partial charge in [-0.25, -0.2) is 0 Å². The minimum atomic E-state index is -0.420. The standard InChI is InChI=1S/C20H27N3O4/c1-12(2)16-7-6-13(3)10-18(16)26-11-20(25)22-21-19(24)9-8-17-14(4)23-27-15(17)5/h6-7,10,12H,8-9,11H2,1-5H3,(H,21,24)(H,22,25). The average molecular weight is 373 g/mol. The molecule has 7 nitrogen and oxygen atoms in total. The Labute approximate surface area is 159 Å². The van der Waals surface area contributed by atoms with Gasteiger partial charge in [-0.05, 0) is 50.3 Å². The van der Waals surface area contributed by atoms with Crippen LogP contribution in [0.15, 0.2) is 22.7 Å². The lowest BCUT2D eigenvalue weighted by atomic mass is 10.0. The van der Waals surface area contributed by atoms with Crippen molar-refractivity contribution in [1.29, 1.82) is 0 Å². The Morgan fingerprint density at radius 2 is 1.85 bits per heavy atom. The van der Waals surface area contributed by atoms with E-state index in [9.17, 15) is 9.59 Å². The quantitative estimate of drug-likeness (QED) is 0.728. The van der Waals surface area contributed by atoms with Gasteiger partial charge in [-0.1, -0.05) is 31.1 Å². The Bertz CT molecular complexity index is 792. The number of aromatic nitrogens is 1. The first-order valence-corrected chi connectivity index (χ1v) is 9.00. The fraction of sp³-hybridized carbons (Fsp3) is 0.450. The lowest BCUT2D eigenvalue weighted by Crippen LogP contribution is -2.44. The predicted octanol–water partition coefficient (Wildman–Crippen LogP) is 2.88. The molecule has 1 aromatic carbocycles. The Hall–Kier alpha value is -2.83. The maximum atomic E-state index is 12.0. The zero-order valence-electron chi connectivity index (χ0n) is 16.5. The summed E-state index contributed by atoms with van der Waals surface area (Å²) in [7, 11) is 0. The van der Waals surface area contributed by atoms with Crippen molar-refractivity contribution in [3.05, 3.63) is 46.3 Å². The van der Waals surface area contributed by atoms with Crippen molar-refractivity contribution in [2.24, 2.45) is 0 Å². The molecule has 1 heterocycles. The number of amides is 2. The van der Waals surface area contributed by atoms with Gasteiger partial charge in [-0.3, -0.25) is 20.4 Å². The molecule has 0 fully saturated rings. The van der Waals surface area contributed by atoms with E-state index in [1.54, 1.807) is 0 Å². The molecule has 0 bridgehead atoms. The molecule has 0 atom stereocenters. The molecular formula is C20H27N3O4. The van der Waals surface area contributed by atoms with Gasteiger partial charge >= 0.3 is 0 Å². The number of hydrogen-bond acceptors (Lipinski definition) is 5. The summed E-state index contributed by atoms with van der Waals surface area (Å²) in [6.45, 7) is 9.57. The molecule has 0 radical (unpaired) electrons. The van der Waals surface area contributed by atoms with E-state index in [1.165, 1.54) is 0 Å². The average Bonchev–Trinajstić information content (AvgIpc) is 2.94. The van der Waals surface area contributed by atoms with Crippen molar-refractivity contribution < 1.29 is 18.8 Å². The number of hydrogen-bond donors (Lipinski definition) is 2. The Morgan fingerprint density at radius 3 is 2.48 bits per heavy atom. The van der Waals surface area contributed by atoms with E-state index >= 15 is 0 Å². The highest BCUT2D eigenvalue weighted by Gasteiger charge is 2.13. The molecule has 146 valence electrons. The van der Waals surface area contributed by atoms with Crippen molar-refractivity contribution >= 4 is 11.8 Å². The summed E-state index contributed by atoms with van der Waals surface area (Å²) in [5.74, 6) is 0.966. The largest absolute Gasteiger partial charge is 0.483 e. The van der Waals surface area contributed by atoms with Gasteiger partial charge in [0.25, 0.3) is 5.91 Å². The second kappa shape index (κ2) is 9.21. The number of nitrogens with zero attached hydrogens (tertiary/aromatic N) is 1. The normalized spacial score (nSPS) is 10.7. The van der Waals surface area contributed by atoms with Gasteiger partial charge < -0.3 is 9.26 Å². The summed E-state index contributed by atoms with van der Waals surface area (Å²) in [5.41, 5.74) is 8.56. The van der Waals surface area contributed by atoms with Gasteiger partial charge in [-0.2, -0.15) is 0 Å². The van der Waals surface area contributed by atoms with E-state index in [0.717, 1.165) is 22.4 Å². The predicted molar refractivity (Wildman–Crippen MR) is 101 cm³/mol. The molecule has 0 aliphatic heterocycles. The van der Waals surface area contributed by atoms with Crippen molar-refractivity contribution in [2.75, 3.05) is 6.61 Å². The minimum Gasteiger partial charge on any atom is -0.483 e. The number of carbonyl (C=O) groups excluding carboxylic acids is 2. The maximum absolute atomic E-state index is 12.0. The molecule has 2 aromatic rings. The van der Waals surface area contributed by atoms with Crippen LogP contribution in [0.4, 0.5) is 0 Å². The molecule has 0 unspecified atom stereocenters. The first-order chi connectivity index (χ1) is 12.8. The Balaban J connectivity index is 1.78. The fourth-order valence-corrected chi connectivity index (χ4v) is 2.72. The second-order valence-electron chi connectivity index (χ2n) is 6.88. The van der Waals surface area contributed by atoms with Crippen LogP contribution in [0, 0.1) is 20.8 Å². The summed E-state index contributed by atoms with van der Waals surface area (Å²) >= 11 is 0. The summed E-state index contributed by atoms with van der Waals surface area (Å²) in [4.78, 5) is 23.9. The molecule has 0 aliphatic rings. The number of nitrogens with one attached hydrogen (secondary N) is 2. The lowest BCUT2D eigenvalue weighted by molar-refractivity contribution is -0.130. The van der Waals surface area contributed by atoms with Gasteiger partial charge in [0.15, 0.2) is 6.61 Å². The zero-order valence-corrected chi connectivity index (χ0v) is 16.5. The van der Waals surface area contributed by atoms with Crippen LogP contribution in [0.3, 0.4) is 0 Å². The minimum absolute atomic E-state index is 0.173. The van der Waals surface area contributed by atoms with Crippen LogP contribution in [0.25, 0.3) is 0 Å². The molecule has 0 aliphatic carbocycles. The van der Waals surface area contributed by atoms with Crippen LogP contribution in [0.1, 0.15) is 54.3 Å². The van der Waals surface area contributed by atoms with E-state index in [2.05, 4.69) is 29.9 Å². The van der Waals surface area contributed by atoms with Gasteiger partial charge in [0, 0.05) is 12.0 Å². The summed E-state index contributed by atoms with van der Waals surface area (Å²) in [6, 6.07) is 5.93. The van der Waals surface area contributed by atoms with Crippen LogP contribution in [-0.4, -0.2) is 23.6 Å². The number of hydrazine groups is 1. The van der Waals surface area contributed by atoms with Crippen LogP contribution in [0.2, 0.25) is 0 Å². The van der Waals surface area contributed by atoms with E-state index in [0.29, 0.717) is 17.9 Å². The molecular weight excluding hydrogens is 346 g/mol. The van der Waals surface area contributed by atoms with Crippen molar-refractivity contribution in [3.63, 3.8) is 0 Å². The van der Waals surface area contributed by atoms with Crippen molar-refractivity contribution in [1.82, 2.24) is 16.0 Å². The monoisotopic (exact) mass is 373 g/mol. The number of rotatable bonds is 7. The van der Waals surface area contributed by atoms with E-state index < -0.39 is 5.91 Å². The molecule has 27 heavy (non-hydrogen) atoms. The SMILES string of the molecule is Cc1ccc(C(C)C)c(OCC(=O)NNC(=O)CCc2c(C)noc2C)c1. The highest BCUT2D eigenvalue weighted by molar-refractivity contribution is 5.82. The van der Waals surface area contributed by atoms with E-state index in [4.69, 9.17) is 9.26 Å². The summed E-state index contributed by atoms with van der Waals surface area (Å²) in [5, 5.41) is 3.85. The van der Waals surface area contributed by atoms with E-state index in [-0.39, 0.29) is 24.9 Å². The Kier molecular flexibility index (Phi) is 6.98. The van der Waals surface area contributed by atoms with Gasteiger partial charge in [0.05, 0.1) is 5.69 Å². The molecule has 2 rings (SSSR count). The van der Waals surface area contributed by atoms with Gasteiger partial charge in [0.1, 0.15) is 11.5 Å². The molecule has 0 saturated carbocycles. The first-order valence-electron chi connectivity index (χ1n) is 9.00. The third kappa shape index (κ3) is 5.84. The number of aryl methyl sites for hydroxylation is 3.